The molecule has 9 heteroatoms. The first-order valence-corrected chi connectivity index (χ1v) is 13.3. The zero-order valence-electron chi connectivity index (χ0n) is 21.9. The topological polar surface area (TPSA) is 134 Å². The van der Waals surface area contributed by atoms with Gasteiger partial charge in [-0.3, -0.25) is 4.79 Å². The Morgan fingerprint density at radius 2 is 1.71 bits per heavy atom. The molecule has 2 aromatic carbocycles. The molecule has 0 bridgehead atoms. The highest BCUT2D eigenvalue weighted by Crippen LogP contribution is 2.36. The molecule has 38 heavy (non-hydrogen) atoms. The maximum atomic E-state index is 12.5. The fourth-order valence-electron chi connectivity index (χ4n) is 5.15. The largest absolute Gasteiger partial charge is 0.457 e. The Balaban J connectivity index is 1.33. The maximum Gasteiger partial charge on any atom is 0.237 e. The summed E-state index contributed by atoms with van der Waals surface area (Å²) in [4.78, 5) is 21.3. The number of nitrogens with one attached hydrogen (secondary N) is 1. The molecule has 1 saturated carbocycles. The fourth-order valence-corrected chi connectivity index (χ4v) is 5.15. The number of carbonyl (C=O) groups is 1. The molecule has 1 aliphatic rings. The van der Waals surface area contributed by atoms with Gasteiger partial charge in [-0.05, 0) is 74.4 Å². The van der Waals surface area contributed by atoms with E-state index < -0.39 is 6.04 Å². The predicted molar refractivity (Wildman–Crippen MR) is 149 cm³/mol. The monoisotopic (exact) mass is 513 g/mol. The average molecular weight is 514 g/mol. The van der Waals surface area contributed by atoms with E-state index in [0.717, 1.165) is 59.5 Å². The van der Waals surface area contributed by atoms with E-state index in [9.17, 15) is 4.79 Å². The predicted octanol–water partition coefficient (Wildman–Crippen LogP) is 4.84. The number of nitrogen functional groups attached to an aromatic ring is 1. The number of fused-ring (bicyclic) bond motifs is 1. The van der Waals surface area contributed by atoms with Gasteiger partial charge in [0.1, 0.15) is 29.3 Å². The quantitative estimate of drug-likeness (QED) is 0.307. The summed E-state index contributed by atoms with van der Waals surface area (Å²) in [6.45, 7) is 4.15. The molecule has 0 unspecified atom stereocenters. The Labute approximate surface area is 222 Å². The molecule has 2 heterocycles. The lowest BCUT2D eigenvalue weighted by Gasteiger charge is -2.30. The standard InChI is InChI=1S/C29H35N7O2/c1-18(2)16-24(30)29(37)34-20-10-12-21(13-11-20)36-28-25(27(31)32-17-33-28)26(35-36)19-8-14-23(15-9-19)38-22-6-4-3-5-7-22/h3-9,14-15,17-18,20-21,24H,10-13,16,30H2,1-2H3,(H,34,37)(H2,31,32,33)/t20-,21+,24-/m0/s1. The van der Waals surface area contributed by atoms with E-state index in [2.05, 4.69) is 29.1 Å². The van der Waals surface area contributed by atoms with E-state index in [1.165, 1.54) is 6.33 Å². The van der Waals surface area contributed by atoms with Crippen molar-refractivity contribution >= 4 is 22.8 Å². The number of anilines is 1. The van der Waals surface area contributed by atoms with Crippen molar-refractivity contribution < 1.29 is 9.53 Å². The molecule has 1 amide bonds. The summed E-state index contributed by atoms with van der Waals surface area (Å²) >= 11 is 0. The van der Waals surface area contributed by atoms with Crippen LogP contribution in [0.5, 0.6) is 11.5 Å². The Morgan fingerprint density at radius 3 is 2.39 bits per heavy atom. The van der Waals surface area contributed by atoms with Crippen LogP contribution in [0.3, 0.4) is 0 Å². The Hall–Kier alpha value is -3.98. The van der Waals surface area contributed by atoms with Crippen molar-refractivity contribution in [2.45, 2.75) is 64.1 Å². The third kappa shape index (κ3) is 5.62. The Morgan fingerprint density at radius 1 is 1.03 bits per heavy atom. The normalized spacial score (nSPS) is 18.4. The fraction of sp³-hybridized carbons (Fsp3) is 0.379. The Kier molecular flexibility index (Phi) is 7.55. The second-order valence-corrected chi connectivity index (χ2v) is 10.4. The van der Waals surface area contributed by atoms with Gasteiger partial charge in [0.25, 0.3) is 0 Å². The van der Waals surface area contributed by atoms with E-state index in [1.807, 2.05) is 59.3 Å². The third-order valence-corrected chi connectivity index (χ3v) is 7.08. The van der Waals surface area contributed by atoms with E-state index in [0.29, 0.717) is 18.2 Å². The third-order valence-electron chi connectivity index (χ3n) is 7.08. The number of ether oxygens (including phenoxy) is 1. The molecule has 0 spiro atoms. The number of nitrogens with zero attached hydrogens (tertiary/aromatic N) is 4. The number of amides is 1. The number of hydrogen-bond acceptors (Lipinski definition) is 7. The van der Waals surface area contributed by atoms with Crippen LogP contribution in [0.25, 0.3) is 22.3 Å². The summed E-state index contributed by atoms with van der Waals surface area (Å²) in [5, 5.41) is 8.88. The smallest absolute Gasteiger partial charge is 0.237 e. The summed E-state index contributed by atoms with van der Waals surface area (Å²) in [6.07, 6.45) is 5.62. The van der Waals surface area contributed by atoms with Gasteiger partial charge >= 0.3 is 0 Å². The van der Waals surface area contributed by atoms with Gasteiger partial charge in [-0.25, -0.2) is 14.6 Å². The summed E-state index contributed by atoms with van der Waals surface area (Å²) < 4.78 is 7.92. The van der Waals surface area contributed by atoms with Crippen LogP contribution < -0.4 is 21.5 Å². The van der Waals surface area contributed by atoms with Gasteiger partial charge < -0.3 is 21.5 Å². The lowest BCUT2D eigenvalue weighted by molar-refractivity contribution is -0.123. The highest BCUT2D eigenvalue weighted by Gasteiger charge is 2.28. The number of benzene rings is 2. The minimum Gasteiger partial charge on any atom is -0.457 e. The zero-order valence-corrected chi connectivity index (χ0v) is 21.9. The van der Waals surface area contributed by atoms with Gasteiger partial charge in [0.15, 0.2) is 5.65 Å². The van der Waals surface area contributed by atoms with Crippen LogP contribution in [0.4, 0.5) is 5.82 Å². The van der Waals surface area contributed by atoms with Crippen LogP contribution in [0.2, 0.25) is 0 Å². The SMILES string of the molecule is CC(C)C[C@H](N)C(=O)N[C@H]1CC[C@@H](n2nc(-c3ccc(Oc4ccccc4)cc3)c3c(N)ncnc32)CC1. The van der Waals surface area contributed by atoms with Gasteiger partial charge in [-0.1, -0.05) is 32.0 Å². The van der Waals surface area contributed by atoms with Gasteiger partial charge in [0.2, 0.25) is 5.91 Å². The summed E-state index contributed by atoms with van der Waals surface area (Å²) in [5.74, 6) is 2.24. The van der Waals surface area contributed by atoms with E-state index in [4.69, 9.17) is 21.3 Å². The van der Waals surface area contributed by atoms with Crippen LogP contribution in [0, 0.1) is 5.92 Å². The lowest BCUT2D eigenvalue weighted by atomic mass is 9.91. The minimum atomic E-state index is -0.463. The van der Waals surface area contributed by atoms with Gasteiger partial charge in [0.05, 0.1) is 17.5 Å². The summed E-state index contributed by atoms with van der Waals surface area (Å²) in [5.41, 5.74) is 14.8. The van der Waals surface area contributed by atoms with Crippen molar-refractivity contribution in [3.8, 4) is 22.8 Å². The van der Waals surface area contributed by atoms with Gasteiger partial charge in [-0.15, -0.1) is 0 Å². The second-order valence-electron chi connectivity index (χ2n) is 10.4. The second kappa shape index (κ2) is 11.2. The van der Waals surface area contributed by atoms with Crippen molar-refractivity contribution in [2.75, 3.05) is 5.73 Å². The zero-order chi connectivity index (χ0) is 26.6. The van der Waals surface area contributed by atoms with E-state index >= 15 is 0 Å². The molecule has 198 valence electrons. The van der Waals surface area contributed by atoms with Crippen LogP contribution in [0.1, 0.15) is 52.0 Å². The molecule has 4 aromatic rings. The maximum absolute atomic E-state index is 12.5. The van der Waals surface area contributed by atoms with Gasteiger partial charge in [-0.2, -0.15) is 5.10 Å². The van der Waals surface area contributed by atoms with Crippen molar-refractivity contribution in [2.24, 2.45) is 11.7 Å². The van der Waals surface area contributed by atoms with E-state index in [1.54, 1.807) is 0 Å². The molecule has 1 fully saturated rings. The number of para-hydroxylation sites is 1. The first kappa shape index (κ1) is 25.7. The highest BCUT2D eigenvalue weighted by molar-refractivity contribution is 5.98. The molecule has 1 atom stereocenters. The van der Waals surface area contributed by atoms with Crippen molar-refractivity contribution in [3.63, 3.8) is 0 Å². The van der Waals surface area contributed by atoms with Crippen molar-refractivity contribution in [3.05, 3.63) is 60.9 Å². The molecule has 9 nitrogen and oxygen atoms in total. The van der Waals surface area contributed by atoms with Crippen molar-refractivity contribution in [1.82, 2.24) is 25.1 Å². The molecule has 5 N–H and O–H groups in total. The molecular weight excluding hydrogens is 478 g/mol. The number of hydrogen-bond donors (Lipinski definition) is 3. The van der Waals surface area contributed by atoms with Crippen LogP contribution in [-0.2, 0) is 4.79 Å². The molecule has 5 rings (SSSR count). The molecule has 2 aromatic heterocycles. The number of carbonyl (C=O) groups excluding carboxylic acids is 1. The number of nitrogens with two attached hydrogens (primary N) is 2. The average Bonchev–Trinajstić information content (AvgIpc) is 3.31. The molecule has 0 aliphatic heterocycles. The summed E-state index contributed by atoms with van der Waals surface area (Å²) in [7, 11) is 0. The first-order valence-electron chi connectivity index (χ1n) is 13.3. The van der Waals surface area contributed by atoms with E-state index in [-0.39, 0.29) is 18.0 Å². The first-order chi connectivity index (χ1) is 18.4. The Bertz CT molecular complexity index is 1380. The number of aromatic nitrogens is 4. The highest BCUT2D eigenvalue weighted by atomic mass is 16.5. The number of rotatable bonds is 8. The molecule has 0 saturated heterocycles. The molecule has 0 radical (unpaired) electrons. The van der Waals surface area contributed by atoms with Crippen molar-refractivity contribution in [1.29, 1.82) is 0 Å². The van der Waals surface area contributed by atoms with Crippen LogP contribution in [-0.4, -0.2) is 37.7 Å². The van der Waals surface area contributed by atoms with Gasteiger partial charge in [0, 0.05) is 11.6 Å². The van der Waals surface area contributed by atoms with Crippen LogP contribution in [0.15, 0.2) is 60.9 Å². The molecule has 1 aliphatic carbocycles. The lowest BCUT2D eigenvalue weighted by Crippen LogP contribution is -2.47. The minimum absolute atomic E-state index is 0.0609. The molecular formula is C29H35N7O2. The van der Waals surface area contributed by atoms with Crippen LogP contribution >= 0.6 is 0 Å². The summed E-state index contributed by atoms with van der Waals surface area (Å²) in [6, 6.07) is 17.3.